The normalized spacial score (nSPS) is 21.3. The number of nitrogens with zero attached hydrogens (tertiary/aromatic N) is 1. The van der Waals surface area contributed by atoms with Crippen LogP contribution < -0.4 is 76.1 Å². The van der Waals surface area contributed by atoms with E-state index in [0.29, 0.717) is 58.0 Å². The van der Waals surface area contributed by atoms with Crippen LogP contribution in [0, 0.1) is 0 Å². The number of aliphatic carboxylic acids is 1. The zero-order valence-corrected chi connectivity index (χ0v) is 51.3. The number of primary amides is 1. The van der Waals surface area contributed by atoms with Crippen molar-refractivity contribution >= 4 is 110 Å². The summed E-state index contributed by atoms with van der Waals surface area (Å²) < 4.78 is 20.3. The van der Waals surface area contributed by atoms with Gasteiger partial charge in [-0.3, -0.25) is 62.5 Å². The number of carbonyl (C=O) groups excluding carboxylic acids is 11. The number of carbonyl (C=O) groups is 12. The van der Waals surface area contributed by atoms with Crippen LogP contribution in [-0.4, -0.2) is 233 Å². The van der Waals surface area contributed by atoms with Gasteiger partial charge in [-0.05, 0) is 58.1 Å². The summed E-state index contributed by atoms with van der Waals surface area (Å²) in [4.78, 5) is 162. The molecule has 3 rings (SSSR count). The van der Waals surface area contributed by atoms with E-state index in [1.807, 2.05) is 6.92 Å². The van der Waals surface area contributed by atoms with Crippen LogP contribution in [0.15, 0.2) is 35.3 Å². The van der Waals surface area contributed by atoms with E-state index >= 15 is 0 Å². The molecule has 2 fully saturated rings. The van der Waals surface area contributed by atoms with E-state index in [1.54, 1.807) is 37.3 Å². The summed E-state index contributed by atoms with van der Waals surface area (Å²) in [5.74, 6) is -11.1. The lowest BCUT2D eigenvalue weighted by Gasteiger charge is -2.27. The summed E-state index contributed by atoms with van der Waals surface area (Å²) in [5.41, 5.74) is 22.1. The number of aliphatic imine (C=N–C) groups is 1. The fraction of sp³-hybridized carbons (Fsp3) is 0.635. The molecule has 0 radical (unpaired) electrons. The van der Waals surface area contributed by atoms with Gasteiger partial charge in [-0.1, -0.05) is 51.9 Å². The number of ether oxygens (including phenoxy) is 4. The van der Waals surface area contributed by atoms with Crippen LogP contribution in [0.2, 0.25) is 0 Å². The minimum atomic E-state index is -1.76. The number of amides is 11. The molecule has 7 atom stereocenters. The molecule has 0 spiro atoms. The number of hydrogen-bond acceptors (Lipinski definition) is 21. The molecular formula is C52H85N15O17S3. The van der Waals surface area contributed by atoms with Gasteiger partial charge in [-0.15, -0.1) is 11.8 Å². The third kappa shape index (κ3) is 34.8. The lowest BCUT2D eigenvalue weighted by atomic mass is 10.0. The Morgan fingerprint density at radius 3 is 1.83 bits per heavy atom. The first-order valence-electron chi connectivity index (χ1n) is 28.0. The van der Waals surface area contributed by atoms with Gasteiger partial charge in [-0.2, -0.15) is 0 Å². The maximum Gasteiger partial charge on any atom is 0.305 e. The van der Waals surface area contributed by atoms with Gasteiger partial charge >= 0.3 is 5.97 Å². The number of carboxylic acid groups (broad SMARTS) is 1. The zero-order chi connectivity index (χ0) is 64.4. The molecule has 32 nitrogen and oxygen atoms in total. The van der Waals surface area contributed by atoms with E-state index in [0.717, 1.165) is 33.3 Å². The topological polar surface area (TPSA) is 499 Å². The summed E-state index contributed by atoms with van der Waals surface area (Å²) in [6.45, 7) is 5.96. The molecule has 2 bridgehead atoms. The number of fused-ring (bicyclic) bond motifs is 5. The first kappa shape index (κ1) is 76.1. The number of guanidine groups is 1. The molecule has 1 aromatic carbocycles. The number of nitrogens with one attached hydrogen (secondary N) is 10. The van der Waals surface area contributed by atoms with E-state index in [1.165, 1.54) is 0 Å². The van der Waals surface area contributed by atoms with E-state index < -0.39 is 120 Å². The SMILES string of the molecule is CCOCCNC(=O)[C@@H]1CSCC(=O)N[C@@H](CCCCN)C(=O)N[C@H]2CSSC[C@H](NC(=O)[C@H](CC(=O)O)NC(=O)CNC(=O)[C@H](CCCN=C(N)N)NC2=O)C(=O)N[C@@H](Cc2ccccc2)C(=O)N1.CCOCCOCCNC(=O)COCC(N)=O. The number of thioether (sulfide) groups is 1. The fourth-order valence-corrected chi connectivity index (χ4v) is 10.8. The van der Waals surface area contributed by atoms with Crippen molar-refractivity contribution in [3.8, 4) is 0 Å². The Morgan fingerprint density at radius 1 is 0.621 bits per heavy atom. The highest BCUT2D eigenvalue weighted by Gasteiger charge is 2.35. The van der Waals surface area contributed by atoms with Crippen molar-refractivity contribution in [2.24, 2.45) is 27.9 Å². The van der Waals surface area contributed by atoms with Gasteiger partial charge in [0, 0.05) is 56.5 Å². The van der Waals surface area contributed by atoms with Gasteiger partial charge in [0.25, 0.3) is 0 Å². The van der Waals surface area contributed by atoms with Crippen LogP contribution in [0.1, 0.15) is 57.9 Å². The molecule has 2 aliphatic rings. The number of benzene rings is 1. The minimum absolute atomic E-state index is 0.0539. The van der Waals surface area contributed by atoms with Crippen molar-refractivity contribution in [1.82, 2.24) is 53.2 Å². The predicted molar refractivity (Wildman–Crippen MR) is 324 cm³/mol. The Bertz CT molecular complexity index is 2400. The number of hydrogen-bond donors (Lipinski definition) is 15. The molecule has 2 heterocycles. The monoisotopic (exact) mass is 1290 g/mol. The third-order valence-corrected chi connectivity index (χ3v) is 15.3. The summed E-state index contributed by atoms with van der Waals surface area (Å²) in [6, 6.07) is -1.27. The van der Waals surface area contributed by atoms with Gasteiger partial charge in [0.1, 0.15) is 55.5 Å². The highest BCUT2D eigenvalue weighted by molar-refractivity contribution is 8.76. The first-order valence-corrected chi connectivity index (χ1v) is 31.7. The highest BCUT2D eigenvalue weighted by Crippen LogP contribution is 2.24. The highest BCUT2D eigenvalue weighted by atomic mass is 33.1. The molecule has 0 saturated carbocycles. The van der Waals surface area contributed by atoms with Crippen LogP contribution in [0.5, 0.6) is 0 Å². The van der Waals surface area contributed by atoms with Crippen LogP contribution >= 0.6 is 33.3 Å². The van der Waals surface area contributed by atoms with Crippen molar-refractivity contribution in [2.75, 3.05) is 109 Å². The minimum Gasteiger partial charge on any atom is -0.481 e. The van der Waals surface area contributed by atoms with Crippen LogP contribution in [-0.2, 0) is 82.9 Å². The average molecular weight is 1290 g/mol. The van der Waals surface area contributed by atoms with E-state index in [9.17, 15) is 62.6 Å². The standard InChI is InChI=1S/C42H65N13O12S3.C10H20N2O5/c1-2-67-16-15-46-36(61)29-20-68-23-33(57)49-26(11-6-7-13-43)37(62)54-30-21-69-70-22-31(41(66)52-27(38(63)53-29)17-24-9-4-3-5-10-24)55-39(64)28(18-34(58)59)50-32(56)19-48-35(60)25(51-40(30)65)12-8-14-47-42(44)45;1-2-15-5-6-16-4-3-12-10(14)8-17-7-9(11)13/h3-5,9-10,25-31H,2,6-8,11-23,43H2,1H3,(H,46,61)(H,48,60)(H,49,57)(H,50,56)(H,51,65)(H,52,66)(H,53,63)(H,54,62)(H,55,64)(H,58,59)(H4,44,45,47);2-8H2,1H3,(H2,11,13)(H,12,14)/t25-,26-,27-,28-,29-,30-,31-;/m0./s1. The van der Waals surface area contributed by atoms with Crippen molar-refractivity contribution in [1.29, 1.82) is 0 Å². The van der Waals surface area contributed by atoms with Crippen molar-refractivity contribution < 1.29 is 81.6 Å². The molecule has 0 aliphatic carbocycles. The molecular weight excluding hydrogens is 1200 g/mol. The molecule has 1 aromatic rings. The van der Waals surface area contributed by atoms with Crippen molar-refractivity contribution in [3.05, 3.63) is 35.9 Å². The Kier molecular flexibility index (Phi) is 39.6. The van der Waals surface area contributed by atoms with Crippen LogP contribution in [0.3, 0.4) is 0 Å². The Morgan fingerprint density at radius 2 is 1.20 bits per heavy atom. The van der Waals surface area contributed by atoms with E-state index in [-0.39, 0.29) is 100 Å². The first-order chi connectivity index (χ1) is 41.7. The largest absolute Gasteiger partial charge is 0.481 e. The summed E-state index contributed by atoms with van der Waals surface area (Å²) in [7, 11) is 1.93. The van der Waals surface area contributed by atoms with Gasteiger partial charge in [0.15, 0.2) is 5.96 Å². The van der Waals surface area contributed by atoms with Crippen molar-refractivity contribution in [3.63, 3.8) is 0 Å². The zero-order valence-electron chi connectivity index (χ0n) is 48.9. The van der Waals surface area contributed by atoms with Crippen molar-refractivity contribution in [2.45, 2.75) is 101 Å². The molecule has 0 aromatic heterocycles. The molecule has 0 unspecified atom stereocenters. The third-order valence-electron chi connectivity index (χ3n) is 11.9. The molecule has 11 amide bonds. The summed E-state index contributed by atoms with van der Waals surface area (Å²) >= 11 is 0.971. The quantitative estimate of drug-likeness (QED) is 0.0161. The molecule has 35 heteroatoms. The Balaban J connectivity index is 0.00000131. The fourth-order valence-electron chi connectivity index (χ4n) is 7.60. The number of rotatable bonds is 28. The Labute approximate surface area is 516 Å². The lowest BCUT2D eigenvalue weighted by Crippen LogP contribution is -2.60. The predicted octanol–water partition coefficient (Wildman–Crippen LogP) is -5.65. The lowest BCUT2D eigenvalue weighted by molar-refractivity contribution is -0.141. The maximum absolute atomic E-state index is 14.4. The maximum atomic E-state index is 14.4. The molecule has 2 aliphatic heterocycles. The second-order valence-electron chi connectivity index (χ2n) is 19.0. The molecule has 488 valence electrons. The number of carboxylic acids is 1. The summed E-state index contributed by atoms with van der Waals surface area (Å²) in [6.07, 6.45) is 0.0608. The van der Waals surface area contributed by atoms with E-state index in [4.69, 9.17) is 41.9 Å². The second-order valence-corrected chi connectivity index (χ2v) is 22.6. The number of unbranched alkanes of at least 4 members (excludes halogenated alkanes) is 1. The number of nitrogens with two attached hydrogens (primary N) is 4. The average Bonchev–Trinajstić information content (AvgIpc) is 3.68. The van der Waals surface area contributed by atoms with E-state index in [2.05, 4.69) is 58.2 Å². The van der Waals surface area contributed by atoms with Gasteiger partial charge < -0.3 is 100 Å². The second kappa shape index (κ2) is 45.3. The van der Waals surface area contributed by atoms with Gasteiger partial charge in [-0.25, -0.2) is 0 Å². The summed E-state index contributed by atoms with van der Waals surface area (Å²) in [5, 5.41) is 35.4. The molecule has 87 heavy (non-hydrogen) atoms. The molecule has 2 saturated heterocycles. The van der Waals surface area contributed by atoms with Crippen LogP contribution in [0.4, 0.5) is 0 Å². The van der Waals surface area contributed by atoms with Gasteiger partial charge in [0.2, 0.25) is 65.0 Å². The van der Waals surface area contributed by atoms with Gasteiger partial charge in [0.05, 0.1) is 45.1 Å². The Hall–Kier alpha value is -7.02. The smallest absolute Gasteiger partial charge is 0.305 e. The molecule has 19 N–H and O–H groups in total. The van der Waals surface area contributed by atoms with Crippen LogP contribution in [0.25, 0.3) is 0 Å².